The van der Waals surface area contributed by atoms with Crippen LogP contribution in [0.4, 0.5) is 10.5 Å². The maximum atomic E-state index is 10.4. The quantitative estimate of drug-likeness (QED) is 0.772. The Morgan fingerprint density at radius 3 is 3.00 bits per heavy atom. The van der Waals surface area contributed by atoms with E-state index in [4.69, 9.17) is 10.4 Å². The maximum absolute atomic E-state index is 10.4. The van der Waals surface area contributed by atoms with E-state index in [-0.39, 0.29) is 0 Å². The molecule has 0 spiro atoms. The number of rotatable bonds is 1. The second-order valence-electron chi connectivity index (χ2n) is 2.90. The van der Waals surface area contributed by atoms with Crippen molar-refractivity contribution in [3.63, 3.8) is 0 Å². The lowest BCUT2D eigenvalue weighted by Crippen LogP contribution is -2.06. The molecule has 0 bridgehead atoms. The minimum atomic E-state index is -1.09. The smallest absolute Gasteiger partial charge is 0.409 e. The van der Waals surface area contributed by atoms with E-state index in [2.05, 4.69) is 11.4 Å². The summed E-state index contributed by atoms with van der Waals surface area (Å²) in [5.74, 6) is 0. The van der Waals surface area contributed by atoms with Crippen LogP contribution in [0.1, 0.15) is 5.56 Å². The third-order valence-electron chi connectivity index (χ3n) is 1.95. The van der Waals surface area contributed by atoms with E-state index in [1.807, 2.05) is 0 Å². The number of nitriles is 1. The van der Waals surface area contributed by atoms with Crippen molar-refractivity contribution < 1.29 is 9.90 Å². The first-order chi connectivity index (χ1) is 7.20. The molecule has 15 heavy (non-hydrogen) atoms. The normalized spacial score (nSPS) is 9.80. The summed E-state index contributed by atoms with van der Waals surface area (Å²) in [6.07, 6.45) is -1.09. The van der Waals surface area contributed by atoms with Crippen molar-refractivity contribution in [1.29, 1.82) is 5.26 Å². The van der Waals surface area contributed by atoms with Crippen LogP contribution in [0.2, 0.25) is 0 Å². The Hall–Kier alpha value is -2.06. The standard InChI is InChI=1S/C10H6N2O2S/c11-4-6-5-15-9-3-7(12-10(13)14)1-2-8(6)9/h1-3,5,12H,(H,13,14). The number of fused-ring (bicyclic) bond motifs is 1. The van der Waals surface area contributed by atoms with Gasteiger partial charge in [-0.3, -0.25) is 5.32 Å². The highest BCUT2D eigenvalue weighted by molar-refractivity contribution is 7.17. The van der Waals surface area contributed by atoms with Gasteiger partial charge in [-0.25, -0.2) is 4.79 Å². The first-order valence-corrected chi connectivity index (χ1v) is 5.00. The molecule has 1 aromatic carbocycles. The molecule has 4 nitrogen and oxygen atoms in total. The van der Waals surface area contributed by atoms with Gasteiger partial charge in [-0.1, -0.05) is 6.07 Å². The van der Waals surface area contributed by atoms with Crippen molar-refractivity contribution >= 4 is 33.2 Å². The summed E-state index contributed by atoms with van der Waals surface area (Å²) in [5, 5.41) is 22.2. The number of thiophene rings is 1. The third-order valence-corrected chi connectivity index (χ3v) is 2.89. The van der Waals surface area contributed by atoms with Crippen LogP contribution in [0, 0.1) is 11.3 Å². The number of hydrogen-bond donors (Lipinski definition) is 2. The fraction of sp³-hybridized carbons (Fsp3) is 0. The Balaban J connectivity index is 2.49. The molecular formula is C10H6N2O2S. The van der Waals surface area contributed by atoms with Crippen molar-refractivity contribution in [2.75, 3.05) is 5.32 Å². The molecule has 0 saturated carbocycles. The molecule has 0 aliphatic carbocycles. The molecular weight excluding hydrogens is 212 g/mol. The number of amides is 1. The van der Waals surface area contributed by atoms with E-state index < -0.39 is 6.09 Å². The highest BCUT2D eigenvalue weighted by Crippen LogP contribution is 2.28. The van der Waals surface area contributed by atoms with Crippen molar-refractivity contribution in [1.82, 2.24) is 0 Å². The maximum Gasteiger partial charge on any atom is 0.409 e. The first-order valence-electron chi connectivity index (χ1n) is 4.12. The predicted octanol–water partition coefficient (Wildman–Crippen LogP) is 2.86. The Kier molecular flexibility index (Phi) is 2.27. The van der Waals surface area contributed by atoms with Crippen LogP contribution in [0.15, 0.2) is 23.6 Å². The van der Waals surface area contributed by atoms with Gasteiger partial charge >= 0.3 is 6.09 Å². The number of nitrogens with zero attached hydrogens (tertiary/aromatic N) is 1. The monoisotopic (exact) mass is 218 g/mol. The topological polar surface area (TPSA) is 73.1 Å². The largest absolute Gasteiger partial charge is 0.465 e. The number of hydrogen-bond acceptors (Lipinski definition) is 3. The lowest BCUT2D eigenvalue weighted by molar-refractivity contribution is 0.210. The molecule has 2 rings (SSSR count). The van der Waals surface area contributed by atoms with E-state index in [0.29, 0.717) is 11.3 Å². The summed E-state index contributed by atoms with van der Waals surface area (Å²) in [7, 11) is 0. The van der Waals surface area contributed by atoms with Crippen LogP contribution in [0.25, 0.3) is 10.1 Å². The molecule has 0 fully saturated rings. The lowest BCUT2D eigenvalue weighted by Gasteiger charge is -1.99. The third kappa shape index (κ3) is 1.75. The fourth-order valence-corrected chi connectivity index (χ4v) is 2.24. The SMILES string of the molecule is N#Cc1csc2cc(NC(=O)O)ccc12. The molecule has 0 aliphatic heterocycles. The van der Waals surface area contributed by atoms with Crippen molar-refractivity contribution in [2.45, 2.75) is 0 Å². The molecule has 2 aromatic rings. The van der Waals surface area contributed by atoms with Crippen molar-refractivity contribution in [3.05, 3.63) is 29.1 Å². The molecule has 1 aromatic heterocycles. The zero-order valence-electron chi connectivity index (χ0n) is 7.52. The van der Waals surface area contributed by atoms with Crippen LogP contribution in [0.5, 0.6) is 0 Å². The molecule has 1 amide bonds. The summed E-state index contributed by atoms with van der Waals surface area (Å²) in [5.41, 5.74) is 1.14. The van der Waals surface area contributed by atoms with Gasteiger partial charge in [0.15, 0.2) is 0 Å². The van der Waals surface area contributed by atoms with Gasteiger partial charge in [0.25, 0.3) is 0 Å². The average Bonchev–Trinajstić information content (AvgIpc) is 2.58. The van der Waals surface area contributed by atoms with Crippen LogP contribution in [-0.4, -0.2) is 11.2 Å². The highest BCUT2D eigenvalue weighted by Gasteiger charge is 2.05. The van der Waals surface area contributed by atoms with Gasteiger partial charge in [-0.05, 0) is 12.1 Å². The van der Waals surface area contributed by atoms with Gasteiger partial charge in [0.2, 0.25) is 0 Å². The second-order valence-corrected chi connectivity index (χ2v) is 3.81. The second kappa shape index (κ2) is 3.59. The van der Waals surface area contributed by atoms with Crippen molar-refractivity contribution in [3.8, 4) is 6.07 Å². The Morgan fingerprint density at radius 2 is 2.33 bits per heavy atom. The molecule has 2 N–H and O–H groups in total. The molecule has 0 unspecified atom stereocenters. The van der Waals surface area contributed by atoms with E-state index in [0.717, 1.165) is 10.1 Å². The average molecular weight is 218 g/mol. The van der Waals surface area contributed by atoms with E-state index in [1.165, 1.54) is 11.3 Å². The zero-order valence-corrected chi connectivity index (χ0v) is 8.34. The summed E-state index contributed by atoms with van der Waals surface area (Å²) >= 11 is 1.42. The van der Waals surface area contributed by atoms with Gasteiger partial charge in [0.05, 0.1) is 5.56 Å². The van der Waals surface area contributed by atoms with E-state index in [9.17, 15) is 4.79 Å². The molecule has 74 valence electrons. The van der Waals surface area contributed by atoms with Gasteiger partial charge in [-0.15, -0.1) is 11.3 Å². The Bertz CT molecular complexity index is 568. The summed E-state index contributed by atoms with van der Waals surface area (Å²) in [6.45, 7) is 0. The predicted molar refractivity (Wildman–Crippen MR) is 58.2 cm³/mol. The zero-order chi connectivity index (χ0) is 10.8. The first kappa shape index (κ1) is 9.49. The van der Waals surface area contributed by atoms with E-state index >= 15 is 0 Å². The summed E-state index contributed by atoms with van der Waals surface area (Å²) in [6, 6.07) is 7.19. The molecule has 0 atom stereocenters. The van der Waals surface area contributed by atoms with E-state index in [1.54, 1.807) is 23.6 Å². The van der Waals surface area contributed by atoms with Gasteiger partial charge in [0, 0.05) is 21.2 Å². The molecule has 5 heteroatoms. The minimum Gasteiger partial charge on any atom is -0.465 e. The number of nitrogens with one attached hydrogen (secondary N) is 1. The Morgan fingerprint density at radius 1 is 1.53 bits per heavy atom. The van der Waals surface area contributed by atoms with Crippen LogP contribution in [0.3, 0.4) is 0 Å². The number of carboxylic acid groups (broad SMARTS) is 1. The molecule has 0 aliphatic rings. The fourth-order valence-electron chi connectivity index (χ4n) is 1.32. The lowest BCUT2D eigenvalue weighted by atomic mass is 10.2. The minimum absolute atomic E-state index is 0.515. The van der Waals surface area contributed by atoms with Gasteiger partial charge < -0.3 is 5.11 Å². The van der Waals surface area contributed by atoms with Gasteiger partial charge in [-0.2, -0.15) is 5.26 Å². The number of benzene rings is 1. The van der Waals surface area contributed by atoms with Crippen molar-refractivity contribution in [2.24, 2.45) is 0 Å². The van der Waals surface area contributed by atoms with Gasteiger partial charge in [0.1, 0.15) is 6.07 Å². The van der Waals surface area contributed by atoms with Crippen LogP contribution >= 0.6 is 11.3 Å². The molecule has 1 heterocycles. The number of anilines is 1. The summed E-state index contributed by atoms with van der Waals surface area (Å²) < 4.78 is 0.901. The van der Waals surface area contributed by atoms with Crippen LogP contribution in [-0.2, 0) is 0 Å². The molecule has 0 saturated heterocycles. The van der Waals surface area contributed by atoms with Crippen LogP contribution < -0.4 is 5.32 Å². The number of carbonyl (C=O) groups is 1. The Labute approximate surface area is 89.4 Å². The summed E-state index contributed by atoms with van der Waals surface area (Å²) in [4.78, 5) is 10.4. The molecule has 0 radical (unpaired) electrons. The highest BCUT2D eigenvalue weighted by atomic mass is 32.1.